The van der Waals surface area contributed by atoms with Gasteiger partial charge in [0.05, 0.1) is 7.11 Å². The van der Waals surface area contributed by atoms with Crippen molar-refractivity contribution in [1.29, 1.82) is 0 Å². The van der Waals surface area contributed by atoms with E-state index in [0.29, 0.717) is 5.92 Å². The number of hydrogen-bond donors (Lipinski definition) is 1. The lowest BCUT2D eigenvalue weighted by atomic mass is 9.92. The summed E-state index contributed by atoms with van der Waals surface area (Å²) >= 11 is 5.95. The Morgan fingerprint density at radius 1 is 1.05 bits per heavy atom. The zero-order valence-corrected chi connectivity index (χ0v) is 13.4. The number of para-hydroxylation sites is 1. The molecule has 0 amide bonds. The molecule has 0 aliphatic carbocycles. The zero-order chi connectivity index (χ0) is 15.1. The summed E-state index contributed by atoms with van der Waals surface area (Å²) in [4.78, 5) is 0. The minimum Gasteiger partial charge on any atom is -0.496 e. The standard InChI is InChI=1S/C18H22ClNO/c1-20-13-15(11-14-7-9-17(19)10-8-14)12-16-5-3-4-6-18(16)21-2/h3-10,15,20H,11-13H2,1-2H3. The average molecular weight is 304 g/mol. The summed E-state index contributed by atoms with van der Waals surface area (Å²) in [5.41, 5.74) is 2.57. The smallest absolute Gasteiger partial charge is 0.122 e. The predicted octanol–water partition coefficient (Wildman–Crippen LogP) is 3.97. The molecule has 0 saturated heterocycles. The van der Waals surface area contributed by atoms with Crippen molar-refractivity contribution in [3.63, 3.8) is 0 Å². The monoisotopic (exact) mass is 303 g/mol. The van der Waals surface area contributed by atoms with Gasteiger partial charge in [0.1, 0.15) is 5.75 Å². The minimum absolute atomic E-state index is 0.521. The van der Waals surface area contributed by atoms with Gasteiger partial charge in [-0.3, -0.25) is 0 Å². The minimum atomic E-state index is 0.521. The Morgan fingerprint density at radius 2 is 1.76 bits per heavy atom. The topological polar surface area (TPSA) is 21.3 Å². The van der Waals surface area contributed by atoms with E-state index in [2.05, 4.69) is 29.6 Å². The quantitative estimate of drug-likeness (QED) is 0.835. The lowest BCUT2D eigenvalue weighted by Gasteiger charge is -2.18. The van der Waals surface area contributed by atoms with Gasteiger partial charge in [-0.05, 0) is 61.7 Å². The Hall–Kier alpha value is -1.51. The van der Waals surface area contributed by atoms with E-state index in [-0.39, 0.29) is 0 Å². The Bertz CT molecular complexity index is 553. The third kappa shape index (κ3) is 4.76. The SMILES string of the molecule is CNCC(Cc1ccc(Cl)cc1)Cc1ccccc1OC. The van der Waals surface area contributed by atoms with E-state index in [1.54, 1.807) is 7.11 Å². The molecule has 112 valence electrons. The number of hydrogen-bond acceptors (Lipinski definition) is 2. The second-order valence-corrected chi connectivity index (χ2v) is 5.71. The maximum Gasteiger partial charge on any atom is 0.122 e. The van der Waals surface area contributed by atoms with Gasteiger partial charge in [0.2, 0.25) is 0 Å². The largest absolute Gasteiger partial charge is 0.496 e. The van der Waals surface area contributed by atoms with Crippen LogP contribution in [0.25, 0.3) is 0 Å². The lowest BCUT2D eigenvalue weighted by molar-refractivity contribution is 0.402. The van der Waals surface area contributed by atoms with Crippen LogP contribution in [0, 0.1) is 5.92 Å². The van der Waals surface area contributed by atoms with E-state index in [1.165, 1.54) is 11.1 Å². The third-order valence-corrected chi connectivity index (χ3v) is 3.88. The van der Waals surface area contributed by atoms with E-state index >= 15 is 0 Å². The van der Waals surface area contributed by atoms with Gasteiger partial charge in [-0.25, -0.2) is 0 Å². The summed E-state index contributed by atoms with van der Waals surface area (Å²) in [5.74, 6) is 1.49. The molecule has 0 aliphatic heterocycles. The van der Waals surface area contributed by atoms with E-state index in [9.17, 15) is 0 Å². The van der Waals surface area contributed by atoms with E-state index in [1.807, 2.05) is 31.3 Å². The molecular weight excluding hydrogens is 282 g/mol. The first-order chi connectivity index (χ1) is 10.2. The van der Waals surface area contributed by atoms with E-state index in [4.69, 9.17) is 16.3 Å². The van der Waals surface area contributed by atoms with Crippen molar-refractivity contribution >= 4 is 11.6 Å². The van der Waals surface area contributed by atoms with Crippen molar-refractivity contribution in [3.05, 3.63) is 64.7 Å². The Morgan fingerprint density at radius 3 is 2.43 bits per heavy atom. The normalized spacial score (nSPS) is 12.1. The Balaban J connectivity index is 2.09. The summed E-state index contributed by atoms with van der Waals surface area (Å²) in [6, 6.07) is 16.4. The van der Waals surface area contributed by atoms with Crippen molar-refractivity contribution in [2.45, 2.75) is 12.8 Å². The molecule has 2 nitrogen and oxygen atoms in total. The molecule has 3 heteroatoms. The lowest BCUT2D eigenvalue weighted by Crippen LogP contribution is -2.23. The molecule has 1 N–H and O–H groups in total. The molecule has 2 aromatic rings. The Labute approximate surface area is 132 Å². The second kappa shape index (κ2) is 8.06. The molecule has 0 heterocycles. The molecule has 2 aromatic carbocycles. The highest BCUT2D eigenvalue weighted by molar-refractivity contribution is 6.30. The van der Waals surface area contributed by atoms with Gasteiger partial charge in [0.25, 0.3) is 0 Å². The molecule has 2 rings (SSSR count). The van der Waals surface area contributed by atoms with Gasteiger partial charge in [0.15, 0.2) is 0 Å². The summed E-state index contributed by atoms with van der Waals surface area (Å²) in [6.45, 7) is 0.973. The summed E-state index contributed by atoms with van der Waals surface area (Å²) in [5, 5.41) is 4.08. The van der Waals surface area contributed by atoms with Crippen LogP contribution in [0.15, 0.2) is 48.5 Å². The van der Waals surface area contributed by atoms with Crippen molar-refractivity contribution in [2.75, 3.05) is 20.7 Å². The van der Waals surface area contributed by atoms with Gasteiger partial charge < -0.3 is 10.1 Å². The van der Waals surface area contributed by atoms with Crippen LogP contribution >= 0.6 is 11.6 Å². The second-order valence-electron chi connectivity index (χ2n) is 5.27. The van der Waals surface area contributed by atoms with Gasteiger partial charge in [0, 0.05) is 5.02 Å². The van der Waals surface area contributed by atoms with Gasteiger partial charge in [-0.1, -0.05) is 41.9 Å². The fraction of sp³-hybridized carbons (Fsp3) is 0.333. The molecular formula is C18H22ClNO. The van der Waals surface area contributed by atoms with Crippen molar-refractivity contribution < 1.29 is 4.74 Å². The molecule has 0 saturated carbocycles. The molecule has 0 fully saturated rings. The number of rotatable bonds is 7. The van der Waals surface area contributed by atoms with Crippen molar-refractivity contribution in [2.24, 2.45) is 5.92 Å². The van der Waals surface area contributed by atoms with Crippen LogP contribution in [0.3, 0.4) is 0 Å². The first-order valence-electron chi connectivity index (χ1n) is 7.24. The fourth-order valence-electron chi connectivity index (χ4n) is 2.64. The number of benzene rings is 2. The highest BCUT2D eigenvalue weighted by Crippen LogP contribution is 2.23. The van der Waals surface area contributed by atoms with Crippen LogP contribution in [0.5, 0.6) is 5.75 Å². The summed E-state index contributed by atoms with van der Waals surface area (Å²) < 4.78 is 5.45. The first-order valence-corrected chi connectivity index (χ1v) is 7.61. The number of halogens is 1. The van der Waals surface area contributed by atoms with E-state index in [0.717, 1.165) is 30.2 Å². The molecule has 0 radical (unpaired) electrons. The Kier molecular flexibility index (Phi) is 6.09. The fourth-order valence-corrected chi connectivity index (χ4v) is 2.77. The zero-order valence-electron chi connectivity index (χ0n) is 12.6. The average Bonchev–Trinajstić information content (AvgIpc) is 2.50. The number of ether oxygens (including phenoxy) is 1. The molecule has 0 bridgehead atoms. The van der Waals surface area contributed by atoms with Crippen molar-refractivity contribution in [3.8, 4) is 5.75 Å². The van der Waals surface area contributed by atoms with Crippen molar-refractivity contribution in [1.82, 2.24) is 5.32 Å². The predicted molar refractivity (Wildman–Crippen MR) is 89.3 cm³/mol. The van der Waals surface area contributed by atoms with Crippen LogP contribution in [0.4, 0.5) is 0 Å². The van der Waals surface area contributed by atoms with Gasteiger partial charge >= 0.3 is 0 Å². The molecule has 0 spiro atoms. The maximum absolute atomic E-state index is 5.95. The number of methoxy groups -OCH3 is 1. The van der Waals surface area contributed by atoms with E-state index < -0.39 is 0 Å². The molecule has 0 aromatic heterocycles. The first kappa shape index (κ1) is 15.9. The van der Waals surface area contributed by atoms with Crippen LogP contribution in [-0.4, -0.2) is 20.7 Å². The van der Waals surface area contributed by atoms with Gasteiger partial charge in [-0.2, -0.15) is 0 Å². The molecule has 1 unspecified atom stereocenters. The third-order valence-electron chi connectivity index (χ3n) is 3.63. The number of nitrogens with one attached hydrogen (secondary N) is 1. The maximum atomic E-state index is 5.95. The van der Waals surface area contributed by atoms with Crippen LogP contribution < -0.4 is 10.1 Å². The van der Waals surface area contributed by atoms with Crippen LogP contribution in [-0.2, 0) is 12.8 Å². The highest BCUT2D eigenvalue weighted by Gasteiger charge is 2.13. The molecule has 1 atom stereocenters. The van der Waals surface area contributed by atoms with Crippen LogP contribution in [0.1, 0.15) is 11.1 Å². The summed E-state index contributed by atoms with van der Waals surface area (Å²) in [6.07, 6.45) is 2.02. The van der Waals surface area contributed by atoms with Crippen LogP contribution in [0.2, 0.25) is 5.02 Å². The molecule has 21 heavy (non-hydrogen) atoms. The molecule has 0 aliphatic rings. The summed E-state index contributed by atoms with van der Waals surface area (Å²) in [7, 11) is 3.72. The van der Waals surface area contributed by atoms with Gasteiger partial charge in [-0.15, -0.1) is 0 Å². The highest BCUT2D eigenvalue weighted by atomic mass is 35.5.